The van der Waals surface area contributed by atoms with Crippen LogP contribution < -0.4 is 14.8 Å². The highest BCUT2D eigenvalue weighted by Gasteiger charge is 2.55. The minimum atomic E-state index is -0.851. The lowest BCUT2D eigenvalue weighted by Gasteiger charge is -2.36. The number of urea groups is 1. The van der Waals surface area contributed by atoms with E-state index in [0.29, 0.717) is 44.2 Å². The number of carbonyl (C=O) groups is 3. The molecule has 1 spiro atoms. The molecule has 1 aliphatic carbocycles. The number of hydrogen-bond donors (Lipinski definition) is 1. The molecule has 1 saturated heterocycles. The second kappa shape index (κ2) is 8.16. The Hall–Kier alpha value is -2.77. The number of rotatable bonds is 5. The van der Waals surface area contributed by atoms with E-state index >= 15 is 0 Å². The number of hydrogen-bond acceptors (Lipinski definition) is 5. The predicted molar refractivity (Wildman–Crippen MR) is 109 cm³/mol. The SMILES string of the molecule is CCN(Cc1cccc2c1OCCO2)C(=O)CN1C(=O)NC2(CCCCC2C)C1=O. The molecule has 2 unspecified atom stereocenters. The van der Waals surface area contributed by atoms with Crippen molar-refractivity contribution in [2.24, 2.45) is 5.92 Å². The van der Waals surface area contributed by atoms with Crippen molar-refractivity contribution in [1.82, 2.24) is 15.1 Å². The molecule has 0 aromatic heterocycles. The minimum absolute atomic E-state index is 0.0677. The number of ether oxygens (including phenoxy) is 2. The lowest BCUT2D eigenvalue weighted by molar-refractivity contribution is -0.140. The topological polar surface area (TPSA) is 88.2 Å². The average molecular weight is 415 g/mol. The molecule has 1 N–H and O–H groups in total. The fraction of sp³-hybridized carbons (Fsp3) is 0.591. The number of amides is 4. The number of fused-ring (bicyclic) bond motifs is 1. The maximum absolute atomic E-state index is 13.1. The van der Waals surface area contributed by atoms with Crippen LogP contribution in [0, 0.1) is 5.92 Å². The lowest BCUT2D eigenvalue weighted by atomic mass is 9.73. The summed E-state index contributed by atoms with van der Waals surface area (Å²) >= 11 is 0. The van der Waals surface area contributed by atoms with Crippen molar-refractivity contribution < 1.29 is 23.9 Å². The summed E-state index contributed by atoms with van der Waals surface area (Å²) in [6.45, 7) is 5.37. The Balaban J connectivity index is 1.47. The Labute approximate surface area is 176 Å². The molecule has 2 aliphatic heterocycles. The van der Waals surface area contributed by atoms with Crippen molar-refractivity contribution in [2.75, 3.05) is 26.3 Å². The van der Waals surface area contributed by atoms with E-state index in [-0.39, 0.29) is 24.3 Å². The van der Waals surface area contributed by atoms with Gasteiger partial charge >= 0.3 is 6.03 Å². The summed E-state index contributed by atoms with van der Waals surface area (Å²) in [5, 5.41) is 2.90. The van der Waals surface area contributed by atoms with Crippen LogP contribution in [-0.2, 0) is 16.1 Å². The lowest BCUT2D eigenvalue weighted by Crippen LogP contribution is -2.54. The van der Waals surface area contributed by atoms with E-state index in [2.05, 4.69) is 5.32 Å². The Morgan fingerprint density at radius 3 is 2.83 bits per heavy atom. The van der Waals surface area contributed by atoms with Crippen LogP contribution in [0.25, 0.3) is 0 Å². The highest BCUT2D eigenvalue weighted by atomic mass is 16.6. The molecule has 1 saturated carbocycles. The molecule has 0 radical (unpaired) electrons. The fourth-order valence-corrected chi connectivity index (χ4v) is 4.71. The molecule has 8 nitrogen and oxygen atoms in total. The summed E-state index contributed by atoms with van der Waals surface area (Å²) in [5.74, 6) is 0.858. The van der Waals surface area contributed by atoms with E-state index in [1.54, 1.807) is 4.90 Å². The number of para-hydroxylation sites is 1. The molecular formula is C22H29N3O5. The van der Waals surface area contributed by atoms with Crippen LogP contribution in [0.4, 0.5) is 4.79 Å². The Morgan fingerprint density at radius 2 is 2.07 bits per heavy atom. The fourth-order valence-electron chi connectivity index (χ4n) is 4.71. The van der Waals surface area contributed by atoms with Gasteiger partial charge in [-0.15, -0.1) is 0 Å². The maximum atomic E-state index is 13.1. The van der Waals surface area contributed by atoms with Gasteiger partial charge < -0.3 is 19.7 Å². The van der Waals surface area contributed by atoms with Crippen LogP contribution in [0.5, 0.6) is 11.5 Å². The number of likely N-dealkylation sites (N-methyl/N-ethyl adjacent to an activating group) is 1. The average Bonchev–Trinajstić information content (AvgIpc) is 2.99. The van der Waals surface area contributed by atoms with Crippen molar-refractivity contribution >= 4 is 17.8 Å². The first kappa shape index (κ1) is 20.5. The van der Waals surface area contributed by atoms with E-state index in [1.165, 1.54) is 0 Å². The third-order valence-electron chi connectivity index (χ3n) is 6.54. The Kier molecular flexibility index (Phi) is 5.58. The zero-order valence-corrected chi connectivity index (χ0v) is 17.6. The van der Waals surface area contributed by atoms with Gasteiger partial charge in [-0.1, -0.05) is 31.9 Å². The Morgan fingerprint density at radius 1 is 1.27 bits per heavy atom. The highest BCUT2D eigenvalue weighted by molar-refractivity contribution is 6.09. The van der Waals surface area contributed by atoms with Gasteiger partial charge in [-0.05, 0) is 31.7 Å². The summed E-state index contributed by atoms with van der Waals surface area (Å²) < 4.78 is 11.4. The molecular weight excluding hydrogens is 386 g/mol. The molecule has 4 amide bonds. The smallest absolute Gasteiger partial charge is 0.325 e. The van der Waals surface area contributed by atoms with Crippen molar-refractivity contribution in [2.45, 2.75) is 51.6 Å². The molecule has 1 aromatic carbocycles. The highest BCUT2D eigenvalue weighted by Crippen LogP contribution is 2.38. The van der Waals surface area contributed by atoms with Gasteiger partial charge in [0.05, 0.1) is 0 Å². The van der Waals surface area contributed by atoms with Crippen molar-refractivity contribution in [3.05, 3.63) is 23.8 Å². The summed E-state index contributed by atoms with van der Waals surface area (Å²) in [4.78, 5) is 41.5. The summed E-state index contributed by atoms with van der Waals surface area (Å²) in [5.41, 5.74) is -0.00643. The molecule has 1 aromatic rings. The third-order valence-corrected chi connectivity index (χ3v) is 6.54. The molecule has 162 valence electrons. The van der Waals surface area contributed by atoms with E-state index in [4.69, 9.17) is 9.47 Å². The number of benzene rings is 1. The first-order valence-corrected chi connectivity index (χ1v) is 10.8. The van der Waals surface area contributed by atoms with Crippen molar-refractivity contribution in [3.63, 3.8) is 0 Å². The van der Waals surface area contributed by atoms with Gasteiger partial charge in [-0.3, -0.25) is 14.5 Å². The van der Waals surface area contributed by atoms with Crippen LogP contribution in [0.1, 0.15) is 45.1 Å². The summed E-state index contributed by atoms with van der Waals surface area (Å²) in [6.07, 6.45) is 3.49. The number of imide groups is 1. The maximum Gasteiger partial charge on any atom is 0.325 e. The van der Waals surface area contributed by atoms with Gasteiger partial charge in [-0.2, -0.15) is 0 Å². The summed E-state index contributed by atoms with van der Waals surface area (Å²) in [6, 6.07) is 5.14. The van der Waals surface area contributed by atoms with Crippen LogP contribution in [-0.4, -0.2) is 59.5 Å². The van der Waals surface area contributed by atoms with Gasteiger partial charge in [0.1, 0.15) is 25.3 Å². The number of carbonyl (C=O) groups excluding carboxylic acids is 3. The minimum Gasteiger partial charge on any atom is -0.486 e. The van der Waals surface area contributed by atoms with E-state index in [9.17, 15) is 14.4 Å². The quantitative estimate of drug-likeness (QED) is 0.746. The first-order valence-electron chi connectivity index (χ1n) is 10.8. The first-order chi connectivity index (χ1) is 14.5. The van der Waals surface area contributed by atoms with Crippen LogP contribution >= 0.6 is 0 Å². The number of nitrogens with one attached hydrogen (secondary N) is 1. The second-order valence-corrected chi connectivity index (χ2v) is 8.29. The molecule has 2 atom stereocenters. The second-order valence-electron chi connectivity index (χ2n) is 8.29. The molecule has 3 aliphatic rings. The van der Waals surface area contributed by atoms with Gasteiger partial charge in [-0.25, -0.2) is 4.79 Å². The zero-order valence-electron chi connectivity index (χ0n) is 17.6. The van der Waals surface area contributed by atoms with E-state index < -0.39 is 11.6 Å². The monoisotopic (exact) mass is 415 g/mol. The Bertz CT molecular complexity index is 857. The molecule has 2 heterocycles. The third kappa shape index (κ3) is 3.48. The predicted octanol–water partition coefficient (Wildman–Crippen LogP) is 2.31. The van der Waals surface area contributed by atoms with Crippen LogP contribution in [0.2, 0.25) is 0 Å². The van der Waals surface area contributed by atoms with Gasteiger partial charge in [0.15, 0.2) is 11.5 Å². The normalized spacial score (nSPS) is 25.4. The van der Waals surface area contributed by atoms with E-state index in [0.717, 1.165) is 29.7 Å². The van der Waals surface area contributed by atoms with Gasteiger partial charge in [0.2, 0.25) is 5.91 Å². The zero-order chi connectivity index (χ0) is 21.3. The van der Waals surface area contributed by atoms with Crippen LogP contribution in [0.3, 0.4) is 0 Å². The molecule has 0 bridgehead atoms. The van der Waals surface area contributed by atoms with Crippen LogP contribution in [0.15, 0.2) is 18.2 Å². The van der Waals surface area contributed by atoms with Gasteiger partial charge in [0, 0.05) is 18.7 Å². The van der Waals surface area contributed by atoms with Crippen molar-refractivity contribution in [3.8, 4) is 11.5 Å². The molecule has 8 heteroatoms. The molecule has 4 rings (SSSR count). The largest absolute Gasteiger partial charge is 0.486 e. The molecule has 30 heavy (non-hydrogen) atoms. The standard InChI is InChI=1S/C22H29N3O5/c1-3-24(13-16-8-6-9-17-19(16)30-12-11-29-17)18(26)14-25-20(27)22(23-21(25)28)10-5-4-7-15(22)2/h6,8-9,15H,3-5,7,10-14H2,1-2H3,(H,23,28). The number of nitrogens with zero attached hydrogens (tertiary/aromatic N) is 2. The molecule has 2 fully saturated rings. The summed E-state index contributed by atoms with van der Waals surface area (Å²) in [7, 11) is 0. The van der Waals surface area contributed by atoms with Gasteiger partial charge in [0.25, 0.3) is 5.91 Å². The van der Waals surface area contributed by atoms with Crippen molar-refractivity contribution in [1.29, 1.82) is 0 Å². The van der Waals surface area contributed by atoms with E-state index in [1.807, 2.05) is 32.0 Å².